The molecule has 1 aromatic heterocycles. The van der Waals surface area contributed by atoms with E-state index in [0.717, 1.165) is 16.7 Å². The van der Waals surface area contributed by atoms with Gasteiger partial charge < -0.3 is 37.5 Å². The number of nitriles is 1. The number of hydrogen-bond donors (Lipinski definition) is 0. The summed E-state index contributed by atoms with van der Waals surface area (Å²) in [7, 11) is 2.73. The molecule has 2 aliphatic rings. The normalized spacial score (nSPS) is 19.2. The summed E-state index contributed by atoms with van der Waals surface area (Å²) in [6.45, 7) is 8.37. The Bertz CT molecular complexity index is 2000. The summed E-state index contributed by atoms with van der Waals surface area (Å²) >= 11 is 0. The maximum Gasteiger partial charge on any atom is 0.310 e. The smallest absolute Gasteiger partial charge is 0.310 e. The lowest BCUT2D eigenvalue weighted by molar-refractivity contribution is -0.139. The number of fused-ring (bicyclic) bond motifs is 3. The quantitative estimate of drug-likeness (QED) is 0.0479. The maximum atomic E-state index is 13.0. The molecule has 4 aromatic rings. The number of aromatic nitrogens is 2. The van der Waals surface area contributed by atoms with Gasteiger partial charge in [-0.25, -0.2) is 4.67 Å². The van der Waals surface area contributed by atoms with Crippen LogP contribution < -0.4 is 19.8 Å². The van der Waals surface area contributed by atoms with Crippen LogP contribution in [0.2, 0.25) is 0 Å². The largest absolute Gasteiger partial charge is 0.497 e. The van der Waals surface area contributed by atoms with Crippen LogP contribution in [0.5, 0.6) is 17.5 Å². The Morgan fingerprint density at radius 3 is 2.07 bits per heavy atom. The molecule has 1 saturated heterocycles. The van der Waals surface area contributed by atoms with E-state index in [2.05, 4.69) is 43.4 Å². The second-order valence-electron chi connectivity index (χ2n) is 14.1. The van der Waals surface area contributed by atoms with E-state index < -0.39 is 50.2 Å². The minimum absolute atomic E-state index is 0.00329. The van der Waals surface area contributed by atoms with Crippen LogP contribution in [-0.4, -0.2) is 85.1 Å². The zero-order valence-electron chi connectivity index (χ0n) is 33.2. The van der Waals surface area contributed by atoms with Gasteiger partial charge in [0.15, 0.2) is 12.3 Å². The average Bonchev–Trinajstić information content (AvgIpc) is 3.73. The fraction of sp³-hybridized carbons (Fsp3) is 0.429. The molecular formula is C42H49N4O10P. The molecule has 15 heteroatoms. The van der Waals surface area contributed by atoms with Crippen LogP contribution >= 0.6 is 8.53 Å². The first-order chi connectivity index (χ1) is 27.5. The Balaban J connectivity index is 1.45. The van der Waals surface area contributed by atoms with Gasteiger partial charge in [0.2, 0.25) is 0 Å². The van der Waals surface area contributed by atoms with Gasteiger partial charge in [-0.1, -0.05) is 54.6 Å². The second kappa shape index (κ2) is 18.6. The molecule has 0 aliphatic carbocycles. The topological polar surface area (TPSA) is 153 Å². The van der Waals surface area contributed by atoms with Crippen molar-refractivity contribution in [2.75, 3.05) is 34.5 Å². The first kappa shape index (κ1) is 41.8. The molecule has 57 heavy (non-hydrogen) atoms. The van der Waals surface area contributed by atoms with Gasteiger partial charge in [0.1, 0.15) is 29.3 Å². The molecular weight excluding hydrogens is 751 g/mol. The predicted molar refractivity (Wildman–Crippen MR) is 211 cm³/mol. The Morgan fingerprint density at radius 1 is 0.930 bits per heavy atom. The molecule has 1 unspecified atom stereocenters. The number of carbonyl (C=O) groups is 1. The van der Waals surface area contributed by atoms with Crippen LogP contribution in [0.4, 0.5) is 0 Å². The molecule has 5 atom stereocenters. The molecule has 1 fully saturated rings. The van der Waals surface area contributed by atoms with Gasteiger partial charge in [0.05, 0.1) is 53.5 Å². The summed E-state index contributed by atoms with van der Waals surface area (Å²) in [5.41, 5.74) is 0.881. The minimum Gasteiger partial charge on any atom is -0.497 e. The highest BCUT2D eigenvalue weighted by atomic mass is 31.2. The minimum atomic E-state index is -1.77. The van der Waals surface area contributed by atoms with E-state index in [1.165, 1.54) is 13.3 Å². The molecule has 0 bridgehead atoms. The fourth-order valence-corrected chi connectivity index (χ4v) is 9.00. The number of methoxy groups -OCH3 is 3. The highest BCUT2D eigenvalue weighted by Gasteiger charge is 2.55. The standard InChI is InChI=1S/C42H49N4O10P/c1-27(2)46(28(3)4)57(53-23-11-22-43)56-37-35(54-40-38(37)55-41-44-39(48)29(25-45(40)41)24-36(47)51-7)26-52-42(30-12-9-8-10-13-30,31-14-18-33(49-5)19-15-31)32-16-20-34(50-6)21-17-32/h8-10,12-21,25,27-28,35,37-38,40H,11,23-24,26H2,1-7H3/t35-,37-,38+,40-,57?/m1/s1. The van der Waals surface area contributed by atoms with E-state index in [1.54, 1.807) is 18.8 Å². The first-order valence-electron chi connectivity index (χ1n) is 18.8. The van der Waals surface area contributed by atoms with Crippen molar-refractivity contribution in [1.29, 1.82) is 5.26 Å². The monoisotopic (exact) mass is 800 g/mol. The summed E-state index contributed by atoms with van der Waals surface area (Å²) in [5, 5.41) is 9.38. The summed E-state index contributed by atoms with van der Waals surface area (Å²) < 4.78 is 53.4. The van der Waals surface area contributed by atoms with Gasteiger partial charge in [-0.15, -0.1) is 0 Å². The zero-order valence-corrected chi connectivity index (χ0v) is 34.1. The molecule has 0 amide bonds. The van der Waals surface area contributed by atoms with Crippen molar-refractivity contribution >= 4 is 14.5 Å². The molecule has 2 aliphatic heterocycles. The van der Waals surface area contributed by atoms with Crippen molar-refractivity contribution in [1.82, 2.24) is 14.2 Å². The van der Waals surface area contributed by atoms with E-state index in [0.29, 0.717) is 11.5 Å². The van der Waals surface area contributed by atoms with E-state index in [-0.39, 0.29) is 49.7 Å². The Kier molecular flexibility index (Phi) is 13.6. The zero-order chi connectivity index (χ0) is 40.7. The Morgan fingerprint density at radius 2 is 1.53 bits per heavy atom. The van der Waals surface area contributed by atoms with Crippen molar-refractivity contribution in [3.8, 4) is 23.6 Å². The Labute approximate surface area is 334 Å². The lowest BCUT2D eigenvalue weighted by Crippen LogP contribution is -2.43. The third-order valence-corrected chi connectivity index (χ3v) is 12.0. The van der Waals surface area contributed by atoms with Crippen molar-refractivity contribution in [3.63, 3.8) is 0 Å². The third kappa shape index (κ3) is 8.84. The SMILES string of the molecule is COC(=O)Cc1cn2c(nc1=O)O[C@H]1[C@H](OP(OCCC#N)N(C(C)C)C(C)C)[C@@H](COC(c3ccccc3)(c3ccc(OC)cc3)c3ccc(OC)cc3)O[C@H]12. The molecule has 0 spiro atoms. The van der Waals surface area contributed by atoms with Crippen LogP contribution in [0.25, 0.3) is 0 Å². The maximum absolute atomic E-state index is 13.0. The lowest BCUT2D eigenvalue weighted by atomic mass is 9.80. The van der Waals surface area contributed by atoms with Gasteiger partial charge in [-0.3, -0.25) is 14.2 Å². The van der Waals surface area contributed by atoms with Gasteiger partial charge in [0, 0.05) is 23.8 Å². The molecule has 0 N–H and O–H groups in total. The molecule has 6 rings (SSSR count). The van der Waals surface area contributed by atoms with Crippen molar-refractivity contribution in [3.05, 3.63) is 118 Å². The van der Waals surface area contributed by atoms with Gasteiger partial charge in [0.25, 0.3) is 14.1 Å². The summed E-state index contributed by atoms with van der Waals surface area (Å²) in [6.07, 6.45) is -1.75. The summed E-state index contributed by atoms with van der Waals surface area (Å²) in [6, 6.07) is 27.6. The summed E-state index contributed by atoms with van der Waals surface area (Å²) in [4.78, 5) is 29.4. The van der Waals surface area contributed by atoms with Crippen molar-refractivity contribution in [2.24, 2.45) is 0 Å². The highest BCUT2D eigenvalue weighted by molar-refractivity contribution is 7.44. The molecule has 302 valence electrons. The number of esters is 1. The lowest BCUT2D eigenvalue weighted by Gasteiger charge is -2.39. The van der Waals surface area contributed by atoms with Crippen LogP contribution in [0.1, 0.15) is 62.6 Å². The van der Waals surface area contributed by atoms with Crippen LogP contribution in [0, 0.1) is 11.3 Å². The Hall–Kier alpha value is -4.87. The molecule has 0 radical (unpaired) electrons. The van der Waals surface area contributed by atoms with Crippen molar-refractivity contribution < 1.29 is 42.3 Å². The van der Waals surface area contributed by atoms with E-state index in [9.17, 15) is 14.9 Å². The van der Waals surface area contributed by atoms with Crippen molar-refractivity contribution in [2.45, 2.75) is 82.8 Å². The summed E-state index contributed by atoms with van der Waals surface area (Å²) in [5.74, 6) is 0.797. The van der Waals surface area contributed by atoms with E-state index in [4.69, 9.17) is 37.5 Å². The third-order valence-electron chi connectivity index (χ3n) is 9.86. The van der Waals surface area contributed by atoms with Gasteiger partial charge in [-0.2, -0.15) is 10.2 Å². The second-order valence-corrected chi connectivity index (χ2v) is 15.5. The van der Waals surface area contributed by atoms with Gasteiger partial charge >= 0.3 is 12.0 Å². The first-order valence-corrected chi connectivity index (χ1v) is 19.9. The van der Waals surface area contributed by atoms with Crippen LogP contribution in [0.15, 0.2) is 89.9 Å². The number of hydrogen-bond acceptors (Lipinski definition) is 13. The van der Waals surface area contributed by atoms with Crippen LogP contribution in [-0.2, 0) is 40.1 Å². The number of benzene rings is 3. The predicted octanol–water partition coefficient (Wildman–Crippen LogP) is 6.30. The number of carbonyl (C=O) groups excluding carboxylic acids is 1. The van der Waals surface area contributed by atoms with E-state index >= 15 is 0 Å². The van der Waals surface area contributed by atoms with Crippen LogP contribution in [0.3, 0.4) is 0 Å². The molecule has 3 heterocycles. The molecule has 3 aromatic carbocycles. The fourth-order valence-electron chi connectivity index (χ4n) is 7.23. The number of rotatable bonds is 18. The highest BCUT2D eigenvalue weighted by Crippen LogP contribution is 2.52. The molecule has 14 nitrogen and oxygen atoms in total. The average molecular weight is 801 g/mol. The number of ether oxygens (including phenoxy) is 6. The van der Waals surface area contributed by atoms with E-state index in [1.807, 2.05) is 78.9 Å². The van der Waals surface area contributed by atoms with Gasteiger partial charge in [-0.05, 0) is 68.7 Å². The molecule has 0 saturated carbocycles. The number of nitrogens with zero attached hydrogens (tertiary/aromatic N) is 4.